The van der Waals surface area contributed by atoms with Gasteiger partial charge in [-0.05, 0) is 74.4 Å². The number of thioether (sulfide) groups is 1. The molecule has 0 amide bonds. The lowest BCUT2D eigenvalue weighted by atomic mass is 10.1. The molecule has 3 aromatic rings. The fraction of sp³-hybridized carbons (Fsp3) is 0.217. The summed E-state index contributed by atoms with van der Waals surface area (Å²) in [4.78, 5) is 8.51. The predicted molar refractivity (Wildman–Crippen MR) is 132 cm³/mol. The van der Waals surface area contributed by atoms with E-state index in [2.05, 4.69) is 44.9 Å². The Balaban J connectivity index is 1.67. The van der Waals surface area contributed by atoms with Crippen molar-refractivity contribution in [2.45, 2.75) is 31.7 Å². The largest absolute Gasteiger partial charge is 0.496 e. The first-order chi connectivity index (χ1) is 15.0. The second-order valence-electron chi connectivity index (χ2n) is 6.93. The average Bonchev–Trinajstić information content (AvgIpc) is 2.78. The number of thiocarbonyl (C=S) groups is 1. The highest BCUT2D eigenvalue weighted by atomic mass is 32.2. The highest BCUT2D eigenvalue weighted by Crippen LogP contribution is 2.27. The van der Waals surface area contributed by atoms with Crippen LogP contribution in [0.3, 0.4) is 0 Å². The lowest BCUT2D eigenvalue weighted by molar-refractivity contribution is 0.411. The summed E-state index contributed by atoms with van der Waals surface area (Å²) in [6.45, 7) is 6.05. The highest BCUT2D eigenvalue weighted by molar-refractivity contribution is 7.98. The van der Waals surface area contributed by atoms with Crippen LogP contribution in [-0.2, 0) is 5.75 Å². The van der Waals surface area contributed by atoms with Crippen LogP contribution >= 0.6 is 24.0 Å². The molecule has 160 valence electrons. The van der Waals surface area contributed by atoms with Crippen LogP contribution in [0.2, 0.25) is 0 Å². The van der Waals surface area contributed by atoms with Gasteiger partial charge in [-0.2, -0.15) is 5.10 Å². The van der Waals surface area contributed by atoms with Gasteiger partial charge in [0.1, 0.15) is 5.75 Å². The Morgan fingerprint density at radius 2 is 1.90 bits per heavy atom. The third-order valence-electron chi connectivity index (χ3n) is 4.55. The predicted octanol–water partition coefficient (Wildman–Crippen LogP) is 5.10. The Hall–Kier alpha value is -2.97. The van der Waals surface area contributed by atoms with Gasteiger partial charge in [0.2, 0.25) is 0 Å². The molecule has 0 fully saturated rings. The van der Waals surface area contributed by atoms with Gasteiger partial charge in [0.25, 0.3) is 0 Å². The van der Waals surface area contributed by atoms with E-state index in [0.717, 1.165) is 39.0 Å². The van der Waals surface area contributed by atoms with E-state index in [1.54, 1.807) is 37.3 Å². The summed E-state index contributed by atoms with van der Waals surface area (Å²) in [5.41, 5.74) is 9.07. The van der Waals surface area contributed by atoms with Gasteiger partial charge in [-0.15, -0.1) is 0 Å². The number of aryl methyl sites for hydroxylation is 2. The summed E-state index contributed by atoms with van der Waals surface area (Å²) in [6, 6.07) is 14.0. The van der Waals surface area contributed by atoms with Gasteiger partial charge in [-0.3, -0.25) is 5.43 Å². The molecule has 0 unspecified atom stereocenters. The first kappa shape index (κ1) is 22.7. The Morgan fingerprint density at radius 3 is 2.61 bits per heavy atom. The summed E-state index contributed by atoms with van der Waals surface area (Å²) in [5.74, 6) is 1.51. The first-order valence-corrected chi connectivity index (χ1v) is 11.1. The molecule has 31 heavy (non-hydrogen) atoms. The zero-order valence-corrected chi connectivity index (χ0v) is 19.6. The molecular formula is C23H25N5OS2. The Kier molecular flexibility index (Phi) is 7.97. The molecule has 0 atom stereocenters. The fourth-order valence-electron chi connectivity index (χ4n) is 2.92. The Labute approximate surface area is 192 Å². The van der Waals surface area contributed by atoms with E-state index in [1.165, 1.54) is 5.56 Å². The van der Waals surface area contributed by atoms with Crippen molar-refractivity contribution < 1.29 is 4.74 Å². The molecule has 3 rings (SSSR count). The maximum Gasteiger partial charge on any atom is 0.191 e. The molecule has 1 heterocycles. The number of methoxy groups -OCH3 is 1. The Bertz CT molecular complexity index is 1090. The molecule has 0 bridgehead atoms. The summed E-state index contributed by atoms with van der Waals surface area (Å²) in [6.07, 6.45) is 3.47. The van der Waals surface area contributed by atoms with Crippen molar-refractivity contribution >= 4 is 40.5 Å². The maximum atomic E-state index is 5.51. The molecule has 0 saturated carbocycles. The molecule has 2 N–H and O–H groups in total. The lowest BCUT2D eigenvalue weighted by Gasteiger charge is -2.12. The van der Waals surface area contributed by atoms with Crippen molar-refractivity contribution in [2.24, 2.45) is 5.10 Å². The van der Waals surface area contributed by atoms with E-state index < -0.39 is 0 Å². The van der Waals surface area contributed by atoms with Crippen molar-refractivity contribution in [3.63, 3.8) is 0 Å². The zero-order valence-electron chi connectivity index (χ0n) is 18.0. The molecule has 0 aliphatic rings. The topological polar surface area (TPSA) is 71.4 Å². The van der Waals surface area contributed by atoms with E-state index in [4.69, 9.17) is 17.0 Å². The van der Waals surface area contributed by atoms with Gasteiger partial charge in [0, 0.05) is 29.4 Å². The van der Waals surface area contributed by atoms with Crippen LogP contribution in [0.5, 0.6) is 5.75 Å². The summed E-state index contributed by atoms with van der Waals surface area (Å²) >= 11 is 6.95. The molecule has 0 aliphatic heterocycles. The van der Waals surface area contributed by atoms with E-state index in [-0.39, 0.29) is 0 Å². The zero-order chi connectivity index (χ0) is 22.2. The van der Waals surface area contributed by atoms with E-state index in [9.17, 15) is 0 Å². The normalized spacial score (nSPS) is 11.2. The average molecular weight is 452 g/mol. The second kappa shape index (κ2) is 10.9. The van der Waals surface area contributed by atoms with Crippen molar-refractivity contribution in [1.29, 1.82) is 0 Å². The summed E-state index contributed by atoms with van der Waals surface area (Å²) < 4.78 is 5.51. The molecular weight excluding hydrogens is 426 g/mol. The van der Waals surface area contributed by atoms with Crippen molar-refractivity contribution in [3.8, 4) is 5.75 Å². The number of hydrazone groups is 1. The summed E-state index contributed by atoms with van der Waals surface area (Å²) in [7, 11) is 1.67. The van der Waals surface area contributed by atoms with Crippen LogP contribution in [0.4, 0.5) is 5.69 Å². The first-order valence-electron chi connectivity index (χ1n) is 9.72. The van der Waals surface area contributed by atoms with Crippen LogP contribution in [-0.4, -0.2) is 27.9 Å². The number of rotatable bonds is 7. The van der Waals surface area contributed by atoms with Gasteiger partial charge in [0.15, 0.2) is 10.3 Å². The molecule has 6 nitrogen and oxygen atoms in total. The smallest absolute Gasteiger partial charge is 0.191 e. The number of aromatic nitrogens is 2. The van der Waals surface area contributed by atoms with Crippen molar-refractivity contribution in [1.82, 2.24) is 15.4 Å². The van der Waals surface area contributed by atoms with Crippen molar-refractivity contribution in [3.05, 3.63) is 77.1 Å². The standard InChI is InChI=1S/C23H25N5OS2/c1-15-6-8-20(16(2)12-15)26-22(30)28-27-17(3)18-7-9-21(29-4)19(13-18)14-31-23-24-10-5-11-25-23/h5-13H,14H2,1-4H3,(H2,26,28,30). The van der Waals surface area contributed by atoms with E-state index in [1.807, 2.05) is 38.1 Å². The number of hydrogen-bond acceptors (Lipinski definition) is 6. The monoisotopic (exact) mass is 451 g/mol. The minimum Gasteiger partial charge on any atom is -0.496 e. The molecule has 2 aromatic carbocycles. The van der Waals surface area contributed by atoms with Crippen LogP contribution in [0.1, 0.15) is 29.2 Å². The third-order valence-corrected chi connectivity index (χ3v) is 5.67. The number of anilines is 1. The molecule has 0 saturated heterocycles. The fourth-order valence-corrected chi connectivity index (χ4v) is 3.86. The minimum absolute atomic E-state index is 0.442. The van der Waals surface area contributed by atoms with Crippen LogP contribution in [0.25, 0.3) is 0 Å². The Morgan fingerprint density at radius 1 is 1.13 bits per heavy atom. The van der Waals surface area contributed by atoms with Crippen LogP contribution in [0, 0.1) is 13.8 Å². The van der Waals surface area contributed by atoms with Crippen LogP contribution in [0.15, 0.2) is 65.1 Å². The maximum absolute atomic E-state index is 5.51. The van der Waals surface area contributed by atoms with E-state index >= 15 is 0 Å². The number of ether oxygens (including phenoxy) is 1. The second-order valence-corrected chi connectivity index (χ2v) is 8.28. The highest BCUT2D eigenvalue weighted by Gasteiger charge is 2.09. The van der Waals surface area contributed by atoms with Gasteiger partial charge >= 0.3 is 0 Å². The van der Waals surface area contributed by atoms with Gasteiger partial charge in [0.05, 0.1) is 12.8 Å². The van der Waals surface area contributed by atoms with Crippen molar-refractivity contribution in [2.75, 3.05) is 12.4 Å². The lowest BCUT2D eigenvalue weighted by Crippen LogP contribution is -2.25. The minimum atomic E-state index is 0.442. The van der Waals surface area contributed by atoms with Gasteiger partial charge in [-0.1, -0.05) is 29.5 Å². The molecule has 0 radical (unpaired) electrons. The molecule has 0 aliphatic carbocycles. The van der Waals surface area contributed by atoms with E-state index in [0.29, 0.717) is 10.9 Å². The SMILES string of the molecule is COc1ccc(C(C)=NNC(=S)Nc2ccc(C)cc2C)cc1CSc1ncccn1. The van der Waals surface area contributed by atoms with Crippen LogP contribution < -0.4 is 15.5 Å². The number of nitrogens with zero attached hydrogens (tertiary/aromatic N) is 3. The number of benzene rings is 2. The molecule has 8 heteroatoms. The molecule has 0 spiro atoms. The molecule has 1 aromatic heterocycles. The summed E-state index contributed by atoms with van der Waals surface area (Å²) in [5, 5.41) is 8.80. The number of hydrogen-bond donors (Lipinski definition) is 2. The third kappa shape index (κ3) is 6.50. The van der Waals surface area contributed by atoms with Gasteiger partial charge < -0.3 is 10.1 Å². The number of nitrogens with one attached hydrogen (secondary N) is 2. The quantitative estimate of drug-likeness (QED) is 0.170. The van der Waals surface area contributed by atoms with Gasteiger partial charge in [-0.25, -0.2) is 9.97 Å².